The molecule has 1 aromatic carbocycles. The number of hydrogen-bond donors (Lipinski definition) is 1. The molecule has 0 bridgehead atoms. The standard InChI is InChI=1S/C14H10BrClF3N5O5/c1-5(2)29-12-9(15)11(16)21-13(20)22(12)10-7(14(17,18)19)3-6(23(25)26)4-8(10)24(27)28/h3-4,13H,1,20H2,2H3. The van der Waals surface area contributed by atoms with E-state index in [1.807, 2.05) is 0 Å². The molecule has 0 radical (unpaired) electrons. The van der Waals surface area contributed by atoms with Crippen molar-refractivity contribution in [3.05, 3.63) is 60.6 Å². The molecule has 0 saturated heterocycles. The number of nitro benzene ring substituents is 2. The van der Waals surface area contributed by atoms with Gasteiger partial charge in [0.25, 0.3) is 5.69 Å². The number of allylic oxidation sites excluding steroid dienone is 2. The lowest BCUT2D eigenvalue weighted by molar-refractivity contribution is -0.394. The number of nitrogens with zero attached hydrogens (tertiary/aromatic N) is 4. The molecule has 0 aliphatic carbocycles. The Morgan fingerprint density at radius 2 is 1.97 bits per heavy atom. The van der Waals surface area contributed by atoms with Crippen LogP contribution in [0.5, 0.6) is 0 Å². The molecule has 15 heteroatoms. The summed E-state index contributed by atoms with van der Waals surface area (Å²) in [6, 6.07) is 0.533. The molecule has 10 nitrogen and oxygen atoms in total. The van der Waals surface area contributed by atoms with Crippen LogP contribution in [0.1, 0.15) is 12.5 Å². The van der Waals surface area contributed by atoms with Crippen LogP contribution in [0.2, 0.25) is 0 Å². The highest BCUT2D eigenvalue weighted by Crippen LogP contribution is 2.47. The highest BCUT2D eigenvalue weighted by Gasteiger charge is 2.45. The van der Waals surface area contributed by atoms with Crippen LogP contribution in [-0.4, -0.2) is 21.3 Å². The van der Waals surface area contributed by atoms with E-state index in [9.17, 15) is 33.4 Å². The van der Waals surface area contributed by atoms with E-state index >= 15 is 0 Å². The second-order valence-electron chi connectivity index (χ2n) is 5.50. The summed E-state index contributed by atoms with van der Waals surface area (Å²) in [6.45, 7) is 4.81. The normalized spacial score (nSPS) is 17.1. The molecule has 1 aliphatic rings. The Kier molecular flexibility index (Phi) is 6.20. The van der Waals surface area contributed by atoms with Gasteiger partial charge in [0.2, 0.25) is 5.88 Å². The van der Waals surface area contributed by atoms with Gasteiger partial charge >= 0.3 is 11.9 Å². The summed E-state index contributed by atoms with van der Waals surface area (Å²) < 4.78 is 46.3. The van der Waals surface area contributed by atoms with E-state index in [0.29, 0.717) is 11.0 Å². The number of alkyl halides is 3. The van der Waals surface area contributed by atoms with Crippen LogP contribution < -0.4 is 10.6 Å². The minimum atomic E-state index is -5.22. The van der Waals surface area contributed by atoms with Crippen LogP contribution >= 0.6 is 27.5 Å². The number of anilines is 1. The van der Waals surface area contributed by atoms with Gasteiger partial charge in [-0.1, -0.05) is 18.2 Å². The first-order valence-corrected chi connectivity index (χ1v) is 8.48. The molecule has 0 spiro atoms. The summed E-state index contributed by atoms with van der Waals surface area (Å²) in [6.07, 6.45) is -6.91. The van der Waals surface area contributed by atoms with Gasteiger partial charge in [0, 0.05) is 6.07 Å². The summed E-state index contributed by atoms with van der Waals surface area (Å²) in [5.74, 6) is -0.480. The Bertz CT molecular complexity index is 981. The number of hydrogen-bond acceptors (Lipinski definition) is 8. The monoisotopic (exact) mass is 499 g/mol. The summed E-state index contributed by atoms with van der Waals surface area (Å²) in [5.41, 5.74) is 0.604. The number of nitro groups is 2. The SMILES string of the molecule is C=C(C)OC1=C(Br)C(Cl)=NC(N)N1c1c([N+](=O)[O-])cc([N+](=O)[O-])cc1C(F)(F)F. The molecule has 1 heterocycles. The lowest BCUT2D eigenvalue weighted by Crippen LogP contribution is -2.45. The maximum atomic E-state index is 13.7. The number of halogens is 5. The minimum Gasteiger partial charge on any atom is -0.445 e. The van der Waals surface area contributed by atoms with Crippen molar-refractivity contribution in [2.24, 2.45) is 10.7 Å². The number of aliphatic imine (C=N–C) groups is 1. The lowest BCUT2D eigenvalue weighted by Gasteiger charge is -2.34. The maximum Gasteiger partial charge on any atom is 0.418 e. The Morgan fingerprint density at radius 3 is 2.41 bits per heavy atom. The number of rotatable bonds is 5. The number of benzene rings is 1. The highest BCUT2D eigenvalue weighted by molar-refractivity contribution is 9.12. The van der Waals surface area contributed by atoms with Crippen LogP contribution in [0, 0.1) is 20.2 Å². The van der Waals surface area contributed by atoms with Gasteiger partial charge in [0.05, 0.1) is 27.2 Å². The summed E-state index contributed by atoms with van der Waals surface area (Å²) in [7, 11) is 0. The van der Waals surface area contributed by atoms with E-state index in [1.54, 1.807) is 0 Å². The molecule has 0 aromatic heterocycles. The largest absolute Gasteiger partial charge is 0.445 e. The van der Waals surface area contributed by atoms with Crippen LogP contribution in [-0.2, 0) is 10.9 Å². The van der Waals surface area contributed by atoms with E-state index in [-0.39, 0.29) is 21.5 Å². The number of ether oxygens (including phenoxy) is 1. The van der Waals surface area contributed by atoms with E-state index in [4.69, 9.17) is 22.1 Å². The van der Waals surface area contributed by atoms with Gasteiger partial charge in [-0.15, -0.1) is 0 Å². The Labute approximate surface area is 173 Å². The fourth-order valence-electron chi connectivity index (χ4n) is 2.36. The van der Waals surface area contributed by atoms with Crippen molar-refractivity contribution in [2.45, 2.75) is 19.4 Å². The van der Waals surface area contributed by atoms with Gasteiger partial charge in [-0.25, -0.2) is 4.99 Å². The van der Waals surface area contributed by atoms with Crippen molar-refractivity contribution in [2.75, 3.05) is 4.90 Å². The second-order valence-corrected chi connectivity index (χ2v) is 6.65. The van der Waals surface area contributed by atoms with Crippen molar-refractivity contribution in [1.29, 1.82) is 0 Å². The van der Waals surface area contributed by atoms with Crippen molar-refractivity contribution in [3.63, 3.8) is 0 Å². The molecule has 1 unspecified atom stereocenters. The molecule has 1 atom stereocenters. The lowest BCUT2D eigenvalue weighted by atomic mass is 10.1. The zero-order valence-electron chi connectivity index (χ0n) is 14.2. The zero-order chi connectivity index (χ0) is 22.3. The average molecular weight is 501 g/mol. The third-order valence-corrected chi connectivity index (χ3v) is 4.63. The molecule has 2 rings (SSSR count). The van der Waals surface area contributed by atoms with E-state index in [1.165, 1.54) is 6.92 Å². The van der Waals surface area contributed by atoms with Gasteiger partial charge in [-0.05, 0) is 22.9 Å². The smallest absolute Gasteiger partial charge is 0.418 e. The first-order chi connectivity index (χ1) is 13.3. The topological polar surface area (TPSA) is 137 Å². The van der Waals surface area contributed by atoms with Crippen molar-refractivity contribution >= 4 is 49.8 Å². The zero-order valence-corrected chi connectivity index (χ0v) is 16.6. The molecule has 0 amide bonds. The second kappa shape index (κ2) is 7.96. The molecule has 0 fully saturated rings. The highest BCUT2D eigenvalue weighted by atomic mass is 79.9. The molecule has 0 saturated carbocycles. The summed E-state index contributed by atoms with van der Waals surface area (Å²) >= 11 is 8.86. The minimum absolute atomic E-state index is 0.0151. The van der Waals surface area contributed by atoms with Gasteiger partial charge < -0.3 is 4.74 Å². The number of nitrogens with two attached hydrogens (primary N) is 1. The first kappa shape index (κ1) is 22.6. The predicted molar refractivity (Wildman–Crippen MR) is 100 cm³/mol. The Hall–Kier alpha value is -2.71. The molecule has 29 heavy (non-hydrogen) atoms. The average Bonchev–Trinajstić information content (AvgIpc) is 2.57. The van der Waals surface area contributed by atoms with Crippen LogP contribution in [0.15, 0.2) is 39.8 Å². The Balaban J connectivity index is 2.95. The first-order valence-electron chi connectivity index (χ1n) is 7.31. The molecule has 2 N–H and O–H groups in total. The van der Waals surface area contributed by atoms with Crippen LogP contribution in [0.3, 0.4) is 0 Å². The fourth-order valence-corrected chi connectivity index (χ4v) is 2.91. The third-order valence-electron chi connectivity index (χ3n) is 3.40. The van der Waals surface area contributed by atoms with Gasteiger partial charge in [0.15, 0.2) is 6.29 Å². The molecule has 156 valence electrons. The number of non-ortho nitro benzene ring substituents is 1. The van der Waals surface area contributed by atoms with E-state index < -0.39 is 50.8 Å². The maximum absolute atomic E-state index is 13.7. The van der Waals surface area contributed by atoms with Gasteiger partial charge in [0.1, 0.15) is 15.3 Å². The van der Waals surface area contributed by atoms with Crippen molar-refractivity contribution < 1.29 is 27.8 Å². The molecular formula is C14H10BrClF3N5O5. The molecular weight excluding hydrogens is 491 g/mol. The Morgan fingerprint density at radius 1 is 1.38 bits per heavy atom. The fraction of sp³-hybridized carbons (Fsp3) is 0.214. The third kappa shape index (κ3) is 4.49. The molecule has 1 aromatic rings. The van der Waals surface area contributed by atoms with Crippen LogP contribution in [0.4, 0.5) is 30.2 Å². The summed E-state index contributed by atoms with van der Waals surface area (Å²) in [5, 5.41) is 22.2. The van der Waals surface area contributed by atoms with Crippen LogP contribution in [0.25, 0.3) is 0 Å². The van der Waals surface area contributed by atoms with E-state index in [0.717, 1.165) is 0 Å². The van der Waals surface area contributed by atoms with E-state index in [2.05, 4.69) is 27.5 Å². The van der Waals surface area contributed by atoms with Gasteiger partial charge in [-0.2, -0.15) is 13.2 Å². The quantitative estimate of drug-likeness (QED) is 0.361. The van der Waals surface area contributed by atoms with Crippen molar-refractivity contribution in [1.82, 2.24) is 0 Å². The predicted octanol–water partition coefficient (Wildman–Crippen LogP) is 4.34. The van der Waals surface area contributed by atoms with Gasteiger partial charge in [-0.3, -0.25) is 30.9 Å². The summed E-state index contributed by atoms with van der Waals surface area (Å²) in [4.78, 5) is 24.4. The van der Waals surface area contributed by atoms with Crippen molar-refractivity contribution in [3.8, 4) is 0 Å². The molecule has 1 aliphatic heterocycles.